The second-order valence-electron chi connectivity index (χ2n) is 6.03. The van der Waals surface area contributed by atoms with Crippen LogP contribution in [0.2, 0.25) is 0 Å². The normalized spacial score (nSPS) is 36.4. The number of ether oxygens (including phenoxy) is 1. The van der Waals surface area contributed by atoms with E-state index >= 15 is 0 Å². The van der Waals surface area contributed by atoms with E-state index in [1.165, 1.54) is 0 Å². The molecule has 0 aromatic heterocycles. The van der Waals surface area contributed by atoms with Gasteiger partial charge in [-0.05, 0) is 24.7 Å². The van der Waals surface area contributed by atoms with E-state index in [0.29, 0.717) is 37.6 Å². The fraction of sp³-hybridized carbons (Fsp3) is 0.846. The molecule has 2 atom stereocenters. The molecule has 2 aliphatic rings. The van der Waals surface area contributed by atoms with Gasteiger partial charge < -0.3 is 9.53 Å². The van der Waals surface area contributed by atoms with Crippen molar-refractivity contribution in [1.29, 1.82) is 0 Å². The van der Waals surface area contributed by atoms with Crippen molar-refractivity contribution < 1.29 is 14.3 Å². The van der Waals surface area contributed by atoms with E-state index in [-0.39, 0.29) is 16.8 Å². The Hall–Kier alpha value is -0.700. The maximum Gasteiger partial charge on any atom is 0.136 e. The molecule has 1 aliphatic carbocycles. The van der Waals surface area contributed by atoms with Crippen molar-refractivity contribution in [2.24, 2.45) is 11.3 Å². The zero-order valence-electron chi connectivity index (χ0n) is 10.3. The van der Waals surface area contributed by atoms with E-state index in [0.717, 1.165) is 6.42 Å². The highest BCUT2D eigenvalue weighted by molar-refractivity contribution is 5.82. The van der Waals surface area contributed by atoms with Gasteiger partial charge in [-0.3, -0.25) is 4.79 Å². The number of hydrogen-bond donors (Lipinski definition) is 0. The van der Waals surface area contributed by atoms with Crippen molar-refractivity contribution in [3.05, 3.63) is 0 Å². The minimum absolute atomic E-state index is 0.0265. The second kappa shape index (κ2) is 3.66. The zero-order chi connectivity index (χ0) is 12.0. The summed E-state index contributed by atoms with van der Waals surface area (Å²) in [5.41, 5.74) is -0.241. The Morgan fingerprint density at radius 2 is 2.06 bits per heavy atom. The van der Waals surface area contributed by atoms with E-state index in [1.807, 2.05) is 0 Å². The van der Waals surface area contributed by atoms with Crippen molar-refractivity contribution >= 4 is 11.6 Å². The molecule has 3 heteroatoms. The third-order valence-electron chi connectivity index (χ3n) is 4.03. The molecule has 2 rings (SSSR count). The molecule has 16 heavy (non-hydrogen) atoms. The molecule has 3 nitrogen and oxygen atoms in total. The standard InChI is InChI=1S/C13H20O3/c1-9(14)4-5-11-12(2,3)6-10(15)7-13(11)8-16-13/h11H,4-8H2,1-3H3/t11-,13-/m1/s1. The van der Waals surface area contributed by atoms with Gasteiger partial charge in [-0.1, -0.05) is 13.8 Å². The van der Waals surface area contributed by atoms with Crippen molar-refractivity contribution in [3.63, 3.8) is 0 Å². The number of carbonyl (C=O) groups excluding carboxylic acids is 2. The van der Waals surface area contributed by atoms with Crippen LogP contribution in [0, 0.1) is 11.3 Å². The van der Waals surface area contributed by atoms with Gasteiger partial charge in [0.25, 0.3) is 0 Å². The first kappa shape index (κ1) is 11.8. The molecule has 0 radical (unpaired) electrons. The smallest absolute Gasteiger partial charge is 0.136 e. The molecule has 90 valence electrons. The lowest BCUT2D eigenvalue weighted by molar-refractivity contribution is -0.129. The predicted molar refractivity (Wildman–Crippen MR) is 60.1 cm³/mol. The summed E-state index contributed by atoms with van der Waals surface area (Å²) in [6.45, 7) is 6.57. The fourth-order valence-electron chi connectivity index (χ4n) is 3.26. The number of ketones is 2. The average Bonchev–Trinajstić information content (AvgIpc) is 2.80. The highest BCUT2D eigenvalue weighted by Gasteiger charge is 2.60. The van der Waals surface area contributed by atoms with Crippen LogP contribution < -0.4 is 0 Å². The highest BCUT2D eigenvalue weighted by Crippen LogP contribution is 2.54. The second-order valence-corrected chi connectivity index (χ2v) is 6.03. The van der Waals surface area contributed by atoms with Gasteiger partial charge in [0.05, 0.1) is 6.61 Å². The molecular formula is C13H20O3. The van der Waals surface area contributed by atoms with Crippen LogP contribution in [0.1, 0.15) is 46.5 Å². The van der Waals surface area contributed by atoms with Gasteiger partial charge in [-0.2, -0.15) is 0 Å². The van der Waals surface area contributed by atoms with Crippen molar-refractivity contribution in [1.82, 2.24) is 0 Å². The Kier molecular flexibility index (Phi) is 2.69. The number of epoxide rings is 1. The minimum Gasteiger partial charge on any atom is -0.369 e. The molecule has 0 N–H and O–H groups in total. The largest absolute Gasteiger partial charge is 0.369 e. The van der Waals surface area contributed by atoms with Crippen molar-refractivity contribution in [2.45, 2.75) is 52.1 Å². The molecule has 0 amide bonds. The molecule has 1 saturated carbocycles. The fourth-order valence-corrected chi connectivity index (χ4v) is 3.26. The third-order valence-corrected chi connectivity index (χ3v) is 4.03. The van der Waals surface area contributed by atoms with Crippen LogP contribution >= 0.6 is 0 Å². The Morgan fingerprint density at radius 1 is 1.44 bits per heavy atom. The quantitative estimate of drug-likeness (QED) is 0.690. The molecule has 1 heterocycles. The maximum absolute atomic E-state index is 11.7. The Morgan fingerprint density at radius 3 is 2.56 bits per heavy atom. The monoisotopic (exact) mass is 224 g/mol. The van der Waals surface area contributed by atoms with Gasteiger partial charge in [0, 0.05) is 19.3 Å². The summed E-state index contributed by atoms with van der Waals surface area (Å²) in [5.74, 6) is 0.881. The number of Topliss-reactive ketones (excluding diaryl/α,β-unsaturated/α-hetero) is 2. The minimum atomic E-state index is -0.214. The third kappa shape index (κ3) is 2.05. The van der Waals surface area contributed by atoms with Gasteiger partial charge in [0.15, 0.2) is 0 Å². The predicted octanol–water partition coefficient (Wildman–Crippen LogP) is 2.13. The molecule has 2 fully saturated rings. The van der Waals surface area contributed by atoms with Gasteiger partial charge >= 0.3 is 0 Å². The van der Waals surface area contributed by atoms with E-state index in [1.54, 1.807) is 6.92 Å². The molecule has 0 aromatic rings. The van der Waals surface area contributed by atoms with Crippen LogP contribution in [0.4, 0.5) is 0 Å². The van der Waals surface area contributed by atoms with Crippen molar-refractivity contribution in [2.75, 3.05) is 6.61 Å². The first-order chi connectivity index (χ1) is 7.36. The van der Waals surface area contributed by atoms with Gasteiger partial charge in [0.1, 0.15) is 17.2 Å². The van der Waals surface area contributed by atoms with E-state index in [4.69, 9.17) is 4.74 Å². The molecule has 0 aromatic carbocycles. The summed E-state index contributed by atoms with van der Waals surface area (Å²) >= 11 is 0. The summed E-state index contributed by atoms with van der Waals surface area (Å²) in [7, 11) is 0. The number of hydrogen-bond acceptors (Lipinski definition) is 3. The Bertz CT molecular complexity index is 316. The van der Waals surface area contributed by atoms with Crippen LogP contribution in [0.5, 0.6) is 0 Å². The summed E-state index contributed by atoms with van der Waals surface area (Å²) < 4.78 is 5.56. The van der Waals surface area contributed by atoms with Crippen molar-refractivity contribution in [3.8, 4) is 0 Å². The average molecular weight is 224 g/mol. The lowest BCUT2D eigenvalue weighted by atomic mass is 9.61. The highest BCUT2D eigenvalue weighted by atomic mass is 16.6. The Labute approximate surface area is 96.5 Å². The van der Waals surface area contributed by atoms with Gasteiger partial charge in [-0.25, -0.2) is 0 Å². The molecule has 1 aliphatic heterocycles. The van der Waals surface area contributed by atoms with Gasteiger partial charge in [0.2, 0.25) is 0 Å². The van der Waals surface area contributed by atoms with Gasteiger partial charge in [-0.15, -0.1) is 0 Å². The van der Waals surface area contributed by atoms with Crippen LogP contribution in [0.3, 0.4) is 0 Å². The lowest BCUT2D eigenvalue weighted by Gasteiger charge is -2.42. The topological polar surface area (TPSA) is 46.7 Å². The Balaban J connectivity index is 2.12. The molecule has 0 bridgehead atoms. The van der Waals surface area contributed by atoms with E-state index in [9.17, 15) is 9.59 Å². The summed E-state index contributed by atoms with van der Waals surface area (Å²) in [6.07, 6.45) is 2.64. The summed E-state index contributed by atoms with van der Waals surface area (Å²) in [6, 6.07) is 0. The first-order valence-corrected chi connectivity index (χ1v) is 6.01. The van der Waals surface area contributed by atoms with Crippen LogP contribution in [0.15, 0.2) is 0 Å². The van der Waals surface area contributed by atoms with Crippen LogP contribution in [0.25, 0.3) is 0 Å². The lowest BCUT2D eigenvalue weighted by Crippen LogP contribution is -2.45. The summed E-state index contributed by atoms with van der Waals surface area (Å²) in [4.78, 5) is 22.8. The van der Waals surface area contributed by atoms with Crippen LogP contribution in [-0.4, -0.2) is 23.8 Å². The van der Waals surface area contributed by atoms with E-state index < -0.39 is 0 Å². The van der Waals surface area contributed by atoms with Crippen LogP contribution in [-0.2, 0) is 14.3 Å². The number of rotatable bonds is 3. The SMILES string of the molecule is CC(=O)CC[C@@H]1C(C)(C)CC(=O)C[C@@]12CO2. The first-order valence-electron chi connectivity index (χ1n) is 6.01. The zero-order valence-corrected chi connectivity index (χ0v) is 10.3. The molecule has 1 spiro atoms. The van der Waals surface area contributed by atoms with E-state index in [2.05, 4.69) is 13.8 Å². The molecular weight excluding hydrogens is 204 g/mol. The maximum atomic E-state index is 11.7. The summed E-state index contributed by atoms with van der Waals surface area (Å²) in [5, 5.41) is 0. The number of carbonyl (C=O) groups is 2. The molecule has 1 saturated heterocycles. The molecule has 0 unspecified atom stereocenters.